The molecule has 1 unspecified atom stereocenters. The summed E-state index contributed by atoms with van der Waals surface area (Å²) in [7, 11) is 0. The lowest BCUT2D eigenvalue weighted by Gasteiger charge is -2.29. The molecule has 0 saturated heterocycles. The van der Waals surface area contributed by atoms with Crippen molar-refractivity contribution in [3.63, 3.8) is 0 Å². The largest absolute Gasteiger partial charge is 0.451 e. The second-order valence-corrected chi connectivity index (χ2v) is 8.93. The highest BCUT2D eigenvalue weighted by Crippen LogP contribution is 2.37. The maximum absolute atomic E-state index is 13.2. The van der Waals surface area contributed by atoms with E-state index in [2.05, 4.69) is 21.4 Å². The average Bonchev–Trinajstić information content (AvgIpc) is 3.29. The van der Waals surface area contributed by atoms with Gasteiger partial charge in [-0.05, 0) is 35.8 Å². The van der Waals surface area contributed by atoms with Crippen molar-refractivity contribution in [3.8, 4) is 11.3 Å². The molecule has 3 N–H and O–H groups in total. The summed E-state index contributed by atoms with van der Waals surface area (Å²) in [5, 5.41) is 2.18. The number of quaternary nitrogens is 1. The fourth-order valence-electron chi connectivity index (χ4n) is 3.24. The van der Waals surface area contributed by atoms with Crippen molar-refractivity contribution < 1.29 is 9.59 Å². The van der Waals surface area contributed by atoms with Gasteiger partial charge in [-0.1, -0.05) is 75.3 Å². The first-order valence-electron chi connectivity index (χ1n) is 9.76. The molecule has 3 amide bonds. The second kappa shape index (κ2) is 9.04. The van der Waals surface area contributed by atoms with Crippen molar-refractivity contribution in [1.82, 2.24) is 15.0 Å². The standard InChI is InChI=1S/C24H19BrN4O2S/c1-16-7-9-18(10-8-16)22(30)28-29(23(26)31,20-5-3-2-4-6-20)24-27-21(15-32-24)17-11-13-19(25)14-12-17/h2-15H,1H3,(H2-,26,28,30,31)/p+1. The molecule has 8 heteroatoms. The van der Waals surface area contributed by atoms with E-state index in [0.29, 0.717) is 22.1 Å². The summed E-state index contributed by atoms with van der Waals surface area (Å²) in [5.41, 5.74) is 12.3. The van der Waals surface area contributed by atoms with Gasteiger partial charge in [-0.2, -0.15) is 10.4 Å². The van der Waals surface area contributed by atoms with Crippen LogP contribution in [0.4, 0.5) is 15.6 Å². The van der Waals surface area contributed by atoms with Gasteiger partial charge in [0.05, 0.1) is 5.69 Å². The fraction of sp³-hybridized carbons (Fsp3) is 0.0417. The number of aromatic nitrogens is 1. The Morgan fingerprint density at radius 2 is 1.62 bits per heavy atom. The van der Waals surface area contributed by atoms with E-state index < -0.39 is 16.5 Å². The third-order valence-electron chi connectivity index (χ3n) is 4.98. The zero-order valence-electron chi connectivity index (χ0n) is 17.2. The maximum Gasteiger partial charge on any atom is 0.451 e. The van der Waals surface area contributed by atoms with Crippen molar-refractivity contribution in [3.05, 3.63) is 99.8 Å². The quantitative estimate of drug-likeness (QED) is 0.264. The number of nitrogens with zero attached hydrogens (tertiary/aromatic N) is 2. The van der Waals surface area contributed by atoms with Crippen LogP contribution < -0.4 is 15.8 Å². The third-order valence-corrected chi connectivity index (χ3v) is 6.42. The van der Waals surface area contributed by atoms with Gasteiger partial charge in [-0.25, -0.2) is 4.79 Å². The lowest BCUT2D eigenvalue weighted by atomic mass is 10.1. The Morgan fingerprint density at radius 1 is 0.969 bits per heavy atom. The molecule has 0 aliphatic rings. The molecule has 4 aromatic rings. The first kappa shape index (κ1) is 21.9. The van der Waals surface area contributed by atoms with Gasteiger partial charge in [0.15, 0.2) is 5.69 Å². The number of carbonyl (C=O) groups excluding carboxylic acids is 2. The van der Waals surface area contributed by atoms with Crippen LogP contribution in [0.3, 0.4) is 0 Å². The molecule has 6 nitrogen and oxygen atoms in total. The van der Waals surface area contributed by atoms with Crippen LogP contribution >= 0.6 is 27.3 Å². The number of benzene rings is 3. The molecule has 32 heavy (non-hydrogen) atoms. The van der Waals surface area contributed by atoms with Crippen LogP contribution in [-0.2, 0) is 0 Å². The van der Waals surface area contributed by atoms with Crippen LogP contribution in [-0.4, -0.2) is 16.9 Å². The molecule has 4 rings (SSSR count). The normalized spacial score (nSPS) is 12.7. The SMILES string of the molecule is Cc1ccc(C(=O)N[N+](C(N)=O)(c2ccccc2)c2nc(-c3ccc(Br)cc3)cs2)cc1. The first-order chi connectivity index (χ1) is 15.4. The molecular weight excluding hydrogens is 488 g/mol. The van der Waals surface area contributed by atoms with Gasteiger partial charge in [-0.15, -0.1) is 0 Å². The molecule has 0 radical (unpaired) electrons. The van der Waals surface area contributed by atoms with Gasteiger partial charge in [0.25, 0.3) is 5.91 Å². The summed E-state index contributed by atoms with van der Waals surface area (Å²) in [5.74, 6) is -0.437. The number of hydrogen-bond acceptors (Lipinski definition) is 4. The number of nitrogens with two attached hydrogens (primary N) is 1. The van der Waals surface area contributed by atoms with Crippen LogP contribution in [0, 0.1) is 6.92 Å². The number of halogens is 1. The van der Waals surface area contributed by atoms with E-state index in [0.717, 1.165) is 15.6 Å². The minimum atomic E-state index is -0.770. The molecule has 1 aromatic heterocycles. The number of primary amides is 1. The summed E-state index contributed by atoms with van der Waals surface area (Å²) in [4.78, 5) is 30.8. The highest BCUT2D eigenvalue weighted by Gasteiger charge is 2.46. The maximum atomic E-state index is 13.2. The van der Waals surface area contributed by atoms with Gasteiger partial charge in [-0.3, -0.25) is 4.79 Å². The third kappa shape index (κ3) is 4.20. The van der Waals surface area contributed by atoms with E-state index in [1.165, 1.54) is 11.3 Å². The van der Waals surface area contributed by atoms with Crippen LogP contribution in [0.1, 0.15) is 15.9 Å². The topological polar surface area (TPSA) is 85.1 Å². The minimum absolute atomic E-state index is 0.335. The van der Waals surface area contributed by atoms with Crippen molar-refractivity contribution in [2.45, 2.75) is 6.92 Å². The number of nitrogens with one attached hydrogen (secondary N) is 1. The molecule has 160 valence electrons. The molecular formula is C24H20BrN4O2S+. The Balaban J connectivity index is 1.82. The number of amides is 3. The van der Waals surface area contributed by atoms with Crippen LogP contribution in [0.2, 0.25) is 0 Å². The van der Waals surface area contributed by atoms with Crippen LogP contribution in [0.25, 0.3) is 11.3 Å². The van der Waals surface area contributed by atoms with Crippen LogP contribution in [0.5, 0.6) is 0 Å². The second-order valence-electron chi connectivity index (χ2n) is 7.17. The number of para-hydroxylation sites is 1. The van der Waals surface area contributed by atoms with Crippen molar-refractivity contribution in [1.29, 1.82) is 0 Å². The summed E-state index contributed by atoms with van der Waals surface area (Å²) in [6, 6.07) is 22.9. The molecule has 0 spiro atoms. The van der Waals surface area contributed by atoms with E-state index in [1.54, 1.807) is 36.4 Å². The summed E-state index contributed by atoms with van der Waals surface area (Å²) in [6.07, 6.45) is 0. The van der Waals surface area contributed by atoms with Crippen LogP contribution in [0.15, 0.2) is 88.7 Å². The Morgan fingerprint density at radius 3 is 2.25 bits per heavy atom. The molecule has 3 aromatic carbocycles. The highest BCUT2D eigenvalue weighted by molar-refractivity contribution is 9.10. The Bertz CT molecular complexity index is 1260. The lowest BCUT2D eigenvalue weighted by molar-refractivity contribution is 0.0881. The molecule has 0 bridgehead atoms. The number of urea groups is 1. The predicted octanol–water partition coefficient (Wildman–Crippen LogP) is 5.94. The number of carbonyl (C=O) groups is 2. The van der Waals surface area contributed by atoms with Crippen molar-refractivity contribution in [2.24, 2.45) is 5.73 Å². The summed E-state index contributed by atoms with van der Waals surface area (Å²) >= 11 is 4.68. The molecule has 0 aliphatic carbocycles. The number of rotatable bonds is 4. The molecule has 0 saturated carbocycles. The van der Waals surface area contributed by atoms with E-state index >= 15 is 0 Å². The smallest absolute Gasteiger partial charge is 0.316 e. The zero-order chi connectivity index (χ0) is 22.7. The molecule has 1 heterocycles. The van der Waals surface area contributed by atoms with E-state index in [9.17, 15) is 9.59 Å². The summed E-state index contributed by atoms with van der Waals surface area (Å²) < 4.78 is 0.225. The van der Waals surface area contributed by atoms with Crippen molar-refractivity contribution >= 4 is 50.0 Å². The van der Waals surface area contributed by atoms with E-state index in [4.69, 9.17) is 10.7 Å². The number of thiazole rings is 1. The molecule has 0 aliphatic heterocycles. The number of aryl methyl sites for hydroxylation is 1. The lowest BCUT2D eigenvalue weighted by Crippen LogP contribution is -2.63. The Kier molecular flexibility index (Phi) is 6.18. The highest BCUT2D eigenvalue weighted by atomic mass is 79.9. The average molecular weight is 508 g/mol. The van der Waals surface area contributed by atoms with Gasteiger partial charge in [0.2, 0.25) is 0 Å². The van der Waals surface area contributed by atoms with Gasteiger partial charge in [0.1, 0.15) is 0 Å². The Labute approximate surface area is 198 Å². The molecule has 1 atom stereocenters. The fourth-order valence-corrected chi connectivity index (χ4v) is 4.46. The predicted molar refractivity (Wildman–Crippen MR) is 131 cm³/mol. The minimum Gasteiger partial charge on any atom is -0.316 e. The van der Waals surface area contributed by atoms with Gasteiger partial charge < -0.3 is 5.73 Å². The zero-order valence-corrected chi connectivity index (χ0v) is 19.6. The number of hydrogen-bond donors (Lipinski definition) is 2. The monoisotopic (exact) mass is 507 g/mol. The molecule has 0 fully saturated rings. The van der Waals surface area contributed by atoms with Gasteiger partial charge >= 0.3 is 11.2 Å². The van der Waals surface area contributed by atoms with E-state index in [-0.39, 0.29) is 0 Å². The summed E-state index contributed by atoms with van der Waals surface area (Å²) in [6.45, 7) is 1.94. The first-order valence-corrected chi connectivity index (χ1v) is 11.4. The van der Waals surface area contributed by atoms with E-state index in [1.807, 2.05) is 54.8 Å². The van der Waals surface area contributed by atoms with Gasteiger partial charge in [0, 0.05) is 33.1 Å². The Hall–Kier alpha value is -3.33. The van der Waals surface area contributed by atoms with Crippen molar-refractivity contribution in [2.75, 3.05) is 0 Å².